The highest BCUT2D eigenvalue weighted by Crippen LogP contribution is 2.33. The highest BCUT2D eigenvalue weighted by atomic mass is 16.3. The van der Waals surface area contributed by atoms with Crippen LogP contribution in [0.15, 0.2) is 90.0 Å². The van der Waals surface area contributed by atoms with Gasteiger partial charge in [-0.2, -0.15) is 0 Å². The molecule has 0 saturated carbocycles. The summed E-state index contributed by atoms with van der Waals surface area (Å²) in [6.07, 6.45) is 3.54. The smallest absolute Gasteiger partial charge is 0.260 e. The summed E-state index contributed by atoms with van der Waals surface area (Å²) in [4.78, 5) is 27.3. The van der Waals surface area contributed by atoms with E-state index in [1.807, 2.05) is 79.9 Å². The highest BCUT2D eigenvalue weighted by molar-refractivity contribution is 5.42. The van der Waals surface area contributed by atoms with Gasteiger partial charge in [-0.3, -0.25) is 14.7 Å². The average Bonchev–Trinajstić information content (AvgIpc) is 2.91. The minimum atomic E-state index is -0.356. The van der Waals surface area contributed by atoms with Crippen molar-refractivity contribution in [3.05, 3.63) is 118 Å². The lowest BCUT2D eigenvalue weighted by Crippen LogP contribution is -2.49. The Morgan fingerprint density at radius 2 is 1.57 bits per heavy atom. The molecule has 7 nitrogen and oxygen atoms in total. The lowest BCUT2D eigenvalue weighted by atomic mass is 9.96. The number of piperazine rings is 1. The number of pyridine rings is 3. The number of rotatable bonds is 6. The fourth-order valence-electron chi connectivity index (χ4n) is 4.82. The van der Waals surface area contributed by atoms with E-state index in [0.29, 0.717) is 17.8 Å². The van der Waals surface area contributed by atoms with Crippen LogP contribution in [-0.2, 0) is 6.54 Å². The van der Waals surface area contributed by atoms with Gasteiger partial charge in [-0.1, -0.05) is 42.5 Å². The zero-order valence-corrected chi connectivity index (χ0v) is 19.8. The molecule has 1 saturated heterocycles. The molecule has 1 aliphatic heterocycles. The van der Waals surface area contributed by atoms with Crippen molar-refractivity contribution >= 4 is 5.82 Å². The summed E-state index contributed by atoms with van der Waals surface area (Å²) in [6, 6.07) is 22.9. The molecule has 3 aromatic heterocycles. The zero-order valence-electron chi connectivity index (χ0n) is 19.8. The van der Waals surface area contributed by atoms with Crippen LogP contribution in [0.25, 0.3) is 0 Å². The molecule has 0 unspecified atom stereocenters. The van der Waals surface area contributed by atoms with Gasteiger partial charge in [-0.25, -0.2) is 4.98 Å². The molecule has 7 heteroatoms. The molecule has 1 atom stereocenters. The number of nitrogens with zero attached hydrogens (tertiary/aromatic N) is 5. The normalized spacial score (nSPS) is 15.2. The van der Waals surface area contributed by atoms with E-state index in [9.17, 15) is 9.90 Å². The molecule has 1 aliphatic rings. The Labute approximate surface area is 204 Å². The number of aromatic nitrogens is 3. The number of aromatic hydroxyl groups is 1. The van der Waals surface area contributed by atoms with Gasteiger partial charge in [-0.15, -0.1) is 0 Å². The van der Waals surface area contributed by atoms with E-state index in [1.54, 1.807) is 16.8 Å². The summed E-state index contributed by atoms with van der Waals surface area (Å²) in [5.74, 6) is 0.991. The van der Waals surface area contributed by atoms with Crippen molar-refractivity contribution in [1.82, 2.24) is 19.4 Å². The monoisotopic (exact) mass is 467 g/mol. The van der Waals surface area contributed by atoms with E-state index < -0.39 is 0 Å². The van der Waals surface area contributed by atoms with Crippen LogP contribution >= 0.6 is 0 Å². The van der Waals surface area contributed by atoms with E-state index in [2.05, 4.69) is 19.8 Å². The minimum Gasteiger partial charge on any atom is -0.507 e. The fraction of sp³-hybridized carbons (Fsp3) is 0.250. The van der Waals surface area contributed by atoms with Crippen molar-refractivity contribution < 1.29 is 5.11 Å². The van der Waals surface area contributed by atoms with Gasteiger partial charge in [0.25, 0.3) is 5.56 Å². The first-order chi connectivity index (χ1) is 17.1. The van der Waals surface area contributed by atoms with Gasteiger partial charge in [0.15, 0.2) is 0 Å². The summed E-state index contributed by atoms with van der Waals surface area (Å²) in [6.45, 7) is 5.25. The van der Waals surface area contributed by atoms with Gasteiger partial charge in [0, 0.05) is 44.3 Å². The van der Waals surface area contributed by atoms with Crippen LogP contribution < -0.4 is 10.5 Å². The van der Waals surface area contributed by atoms with E-state index in [4.69, 9.17) is 0 Å². The Bertz CT molecular complexity index is 1320. The SMILES string of the molecule is Cc1cc(O)c([C@H](c2ccccc2)N2CCN(c3ccccn3)CC2)c(=O)n1Cc1ccccn1. The molecule has 0 amide bonds. The summed E-state index contributed by atoms with van der Waals surface area (Å²) >= 11 is 0. The largest absolute Gasteiger partial charge is 0.507 e. The summed E-state index contributed by atoms with van der Waals surface area (Å²) in [7, 11) is 0. The zero-order chi connectivity index (χ0) is 24.2. The van der Waals surface area contributed by atoms with E-state index >= 15 is 0 Å². The van der Waals surface area contributed by atoms with Gasteiger partial charge in [0.05, 0.1) is 23.8 Å². The van der Waals surface area contributed by atoms with Crippen LogP contribution in [0, 0.1) is 6.92 Å². The number of aryl methyl sites for hydroxylation is 1. The second-order valence-corrected chi connectivity index (χ2v) is 8.82. The van der Waals surface area contributed by atoms with Crippen LogP contribution in [0.1, 0.15) is 28.6 Å². The molecule has 1 fully saturated rings. The molecular formula is C28H29N5O2. The molecule has 0 aliphatic carbocycles. The second kappa shape index (κ2) is 10.1. The maximum absolute atomic E-state index is 13.9. The Morgan fingerprint density at radius 1 is 0.886 bits per heavy atom. The Hall–Kier alpha value is -3.97. The standard InChI is InChI=1S/C28H29N5O2/c1-21-19-24(34)26(28(35)33(21)20-23-11-5-7-13-29-23)27(22-9-3-2-4-10-22)32-17-15-31(16-18-32)25-12-6-8-14-30-25/h2-14,19,27,34H,15-18,20H2,1H3/t27-/m0/s1. The van der Waals surface area contributed by atoms with Crippen LogP contribution in [0.3, 0.4) is 0 Å². The molecule has 0 radical (unpaired) electrons. The third kappa shape index (κ3) is 4.81. The third-order valence-electron chi connectivity index (χ3n) is 6.61. The van der Waals surface area contributed by atoms with Crippen molar-refractivity contribution in [2.45, 2.75) is 19.5 Å². The minimum absolute atomic E-state index is 0.0331. The highest BCUT2D eigenvalue weighted by Gasteiger charge is 2.31. The van der Waals surface area contributed by atoms with E-state index in [1.165, 1.54) is 0 Å². The third-order valence-corrected chi connectivity index (χ3v) is 6.61. The molecule has 35 heavy (non-hydrogen) atoms. The Morgan fingerprint density at radius 3 is 2.23 bits per heavy atom. The van der Waals surface area contributed by atoms with Gasteiger partial charge in [-0.05, 0) is 42.8 Å². The first-order valence-electron chi connectivity index (χ1n) is 11.9. The Kier molecular flexibility index (Phi) is 6.59. The molecule has 1 aromatic carbocycles. The summed E-state index contributed by atoms with van der Waals surface area (Å²) in [5, 5.41) is 11.1. The number of anilines is 1. The number of benzene rings is 1. The quantitative estimate of drug-likeness (QED) is 0.467. The van der Waals surface area contributed by atoms with Gasteiger partial charge in [0.1, 0.15) is 11.6 Å². The number of hydrogen-bond acceptors (Lipinski definition) is 6. The first-order valence-corrected chi connectivity index (χ1v) is 11.9. The molecule has 178 valence electrons. The van der Waals surface area contributed by atoms with Crippen molar-refractivity contribution in [2.24, 2.45) is 0 Å². The van der Waals surface area contributed by atoms with Gasteiger partial charge in [0.2, 0.25) is 0 Å². The van der Waals surface area contributed by atoms with Crippen molar-refractivity contribution in [1.29, 1.82) is 0 Å². The van der Waals surface area contributed by atoms with Crippen LogP contribution in [0.2, 0.25) is 0 Å². The van der Waals surface area contributed by atoms with Crippen LogP contribution in [0.5, 0.6) is 5.75 Å². The van der Waals surface area contributed by atoms with Crippen LogP contribution in [-0.4, -0.2) is 50.7 Å². The molecule has 5 rings (SSSR count). The summed E-state index contributed by atoms with van der Waals surface area (Å²) in [5.41, 5.74) is 2.71. The molecule has 0 bridgehead atoms. The molecule has 4 heterocycles. The Balaban J connectivity index is 1.52. The average molecular weight is 468 g/mol. The fourth-order valence-corrected chi connectivity index (χ4v) is 4.82. The molecular weight excluding hydrogens is 438 g/mol. The maximum atomic E-state index is 13.9. The lowest BCUT2D eigenvalue weighted by Gasteiger charge is -2.40. The van der Waals surface area contributed by atoms with Crippen molar-refractivity contribution in [3.63, 3.8) is 0 Å². The van der Waals surface area contributed by atoms with E-state index in [-0.39, 0.29) is 17.4 Å². The van der Waals surface area contributed by atoms with Crippen molar-refractivity contribution in [2.75, 3.05) is 31.1 Å². The predicted octanol–water partition coefficient (Wildman–Crippen LogP) is 3.61. The number of hydrogen-bond donors (Lipinski definition) is 1. The van der Waals surface area contributed by atoms with Crippen molar-refractivity contribution in [3.8, 4) is 5.75 Å². The first kappa shape index (κ1) is 22.8. The second-order valence-electron chi connectivity index (χ2n) is 8.82. The maximum Gasteiger partial charge on any atom is 0.260 e. The van der Waals surface area contributed by atoms with Gasteiger partial charge >= 0.3 is 0 Å². The predicted molar refractivity (Wildman–Crippen MR) is 137 cm³/mol. The lowest BCUT2D eigenvalue weighted by molar-refractivity contribution is 0.207. The van der Waals surface area contributed by atoms with Gasteiger partial charge < -0.3 is 14.6 Å². The summed E-state index contributed by atoms with van der Waals surface area (Å²) < 4.78 is 1.71. The van der Waals surface area contributed by atoms with Crippen LogP contribution in [0.4, 0.5) is 5.82 Å². The molecule has 0 spiro atoms. The van der Waals surface area contributed by atoms with E-state index in [0.717, 1.165) is 43.3 Å². The molecule has 4 aromatic rings. The topological polar surface area (TPSA) is 74.5 Å². The molecule has 1 N–H and O–H groups in total.